The molecular formula is C10H20N2. The minimum Gasteiger partial charge on any atom is -0.316 e. The van der Waals surface area contributed by atoms with E-state index in [1.807, 2.05) is 0 Å². The normalized spacial score (nSPS) is 35.8. The summed E-state index contributed by atoms with van der Waals surface area (Å²) in [6.45, 7) is 8.87. The van der Waals surface area contributed by atoms with Gasteiger partial charge in [0, 0.05) is 13.1 Å². The van der Waals surface area contributed by atoms with Crippen LogP contribution in [-0.4, -0.2) is 37.6 Å². The molecule has 12 heavy (non-hydrogen) atoms. The first-order valence-corrected chi connectivity index (χ1v) is 5.33. The van der Waals surface area contributed by atoms with Crippen LogP contribution in [0.4, 0.5) is 0 Å². The van der Waals surface area contributed by atoms with E-state index in [-0.39, 0.29) is 0 Å². The summed E-state index contributed by atoms with van der Waals surface area (Å²) in [5.41, 5.74) is 0. The Labute approximate surface area is 75.3 Å². The van der Waals surface area contributed by atoms with Crippen LogP contribution in [0.3, 0.4) is 0 Å². The average Bonchev–Trinajstić information content (AvgIpc) is 2.58. The molecule has 2 aliphatic rings. The molecule has 0 radical (unpaired) electrons. The predicted molar refractivity (Wildman–Crippen MR) is 51.2 cm³/mol. The number of unbranched alkanes of at least 4 members (excludes halogenated alkanes) is 1. The highest BCUT2D eigenvalue weighted by atomic mass is 15.2. The first-order valence-electron chi connectivity index (χ1n) is 5.33. The van der Waals surface area contributed by atoms with Gasteiger partial charge in [0.1, 0.15) is 0 Å². The molecule has 0 amide bonds. The molecule has 2 fully saturated rings. The second-order valence-electron chi connectivity index (χ2n) is 4.29. The number of hydrogen-bond donors (Lipinski definition) is 1. The van der Waals surface area contributed by atoms with Crippen molar-refractivity contribution in [1.82, 2.24) is 10.2 Å². The molecule has 2 nitrogen and oxygen atoms in total. The Morgan fingerprint density at radius 1 is 1.25 bits per heavy atom. The molecule has 2 atom stereocenters. The van der Waals surface area contributed by atoms with E-state index in [4.69, 9.17) is 0 Å². The highest BCUT2D eigenvalue weighted by molar-refractivity contribution is 4.90. The molecule has 2 heterocycles. The van der Waals surface area contributed by atoms with Crippen molar-refractivity contribution in [1.29, 1.82) is 0 Å². The molecular weight excluding hydrogens is 148 g/mol. The molecule has 0 aromatic carbocycles. The summed E-state index contributed by atoms with van der Waals surface area (Å²) in [5.74, 6) is 1.95. The van der Waals surface area contributed by atoms with Crippen LogP contribution in [0.5, 0.6) is 0 Å². The Hall–Kier alpha value is -0.0800. The van der Waals surface area contributed by atoms with Gasteiger partial charge in [-0.25, -0.2) is 0 Å². The van der Waals surface area contributed by atoms with Crippen molar-refractivity contribution >= 4 is 0 Å². The fourth-order valence-corrected chi connectivity index (χ4v) is 2.52. The number of fused-ring (bicyclic) bond motifs is 1. The van der Waals surface area contributed by atoms with Crippen LogP contribution in [0.15, 0.2) is 0 Å². The van der Waals surface area contributed by atoms with Crippen LogP contribution in [0.1, 0.15) is 19.8 Å². The van der Waals surface area contributed by atoms with Crippen LogP contribution in [0, 0.1) is 11.8 Å². The summed E-state index contributed by atoms with van der Waals surface area (Å²) >= 11 is 0. The number of nitrogens with zero attached hydrogens (tertiary/aromatic N) is 1. The second kappa shape index (κ2) is 3.75. The standard InChI is InChI=1S/C10H20N2/c1-2-3-4-12-7-9-5-11-6-10(9)8-12/h9-11H,2-8H2,1H3/t9-,10+. The van der Waals surface area contributed by atoms with Gasteiger partial charge in [0.25, 0.3) is 0 Å². The maximum Gasteiger partial charge on any atom is 0.00255 e. The summed E-state index contributed by atoms with van der Waals surface area (Å²) in [5, 5.41) is 3.47. The van der Waals surface area contributed by atoms with E-state index in [2.05, 4.69) is 17.1 Å². The van der Waals surface area contributed by atoms with E-state index in [1.54, 1.807) is 0 Å². The van der Waals surface area contributed by atoms with Crippen molar-refractivity contribution in [2.45, 2.75) is 19.8 Å². The Kier molecular flexibility index (Phi) is 2.66. The molecule has 2 saturated heterocycles. The number of hydrogen-bond acceptors (Lipinski definition) is 2. The van der Waals surface area contributed by atoms with Gasteiger partial charge in [-0.1, -0.05) is 13.3 Å². The number of likely N-dealkylation sites (tertiary alicyclic amines) is 1. The number of rotatable bonds is 3. The molecule has 0 aromatic rings. The van der Waals surface area contributed by atoms with Crippen molar-refractivity contribution in [3.63, 3.8) is 0 Å². The lowest BCUT2D eigenvalue weighted by Gasteiger charge is -2.15. The van der Waals surface area contributed by atoms with E-state index >= 15 is 0 Å². The Balaban J connectivity index is 1.75. The zero-order valence-electron chi connectivity index (χ0n) is 8.05. The molecule has 1 N–H and O–H groups in total. The average molecular weight is 168 g/mol. The van der Waals surface area contributed by atoms with Crippen molar-refractivity contribution in [3.05, 3.63) is 0 Å². The summed E-state index contributed by atoms with van der Waals surface area (Å²) in [7, 11) is 0. The van der Waals surface area contributed by atoms with Crippen molar-refractivity contribution < 1.29 is 0 Å². The molecule has 0 aliphatic carbocycles. The van der Waals surface area contributed by atoms with E-state index in [1.165, 1.54) is 45.6 Å². The first-order chi connectivity index (χ1) is 5.90. The van der Waals surface area contributed by atoms with E-state index < -0.39 is 0 Å². The van der Waals surface area contributed by atoms with Gasteiger partial charge in [-0.3, -0.25) is 0 Å². The van der Waals surface area contributed by atoms with Crippen molar-refractivity contribution in [2.24, 2.45) is 11.8 Å². The summed E-state index contributed by atoms with van der Waals surface area (Å²) in [4.78, 5) is 2.65. The van der Waals surface area contributed by atoms with E-state index in [9.17, 15) is 0 Å². The summed E-state index contributed by atoms with van der Waals surface area (Å²) in [6, 6.07) is 0. The predicted octanol–water partition coefficient (Wildman–Crippen LogP) is 0.938. The smallest absolute Gasteiger partial charge is 0.00255 e. The number of nitrogens with one attached hydrogen (secondary N) is 1. The summed E-state index contributed by atoms with van der Waals surface area (Å²) in [6.07, 6.45) is 2.72. The van der Waals surface area contributed by atoms with Crippen LogP contribution >= 0.6 is 0 Å². The lowest BCUT2D eigenvalue weighted by Crippen LogP contribution is -2.26. The fraction of sp³-hybridized carbons (Fsp3) is 1.00. The second-order valence-corrected chi connectivity index (χ2v) is 4.29. The van der Waals surface area contributed by atoms with Crippen molar-refractivity contribution in [2.75, 3.05) is 32.7 Å². The molecule has 0 bridgehead atoms. The van der Waals surface area contributed by atoms with Gasteiger partial charge in [0.05, 0.1) is 0 Å². The zero-order valence-corrected chi connectivity index (χ0v) is 8.05. The molecule has 2 heteroatoms. The molecule has 0 spiro atoms. The quantitative estimate of drug-likeness (QED) is 0.674. The Morgan fingerprint density at radius 2 is 1.92 bits per heavy atom. The third-order valence-corrected chi connectivity index (χ3v) is 3.29. The molecule has 2 rings (SSSR count). The van der Waals surface area contributed by atoms with Gasteiger partial charge in [-0.2, -0.15) is 0 Å². The minimum absolute atomic E-state index is 0.974. The van der Waals surface area contributed by atoms with Gasteiger partial charge in [-0.15, -0.1) is 0 Å². The maximum atomic E-state index is 3.47. The summed E-state index contributed by atoms with van der Waals surface area (Å²) < 4.78 is 0. The van der Waals surface area contributed by atoms with Gasteiger partial charge >= 0.3 is 0 Å². The van der Waals surface area contributed by atoms with Crippen LogP contribution in [0.2, 0.25) is 0 Å². The lowest BCUT2D eigenvalue weighted by atomic mass is 10.0. The third kappa shape index (κ3) is 1.64. The highest BCUT2D eigenvalue weighted by Crippen LogP contribution is 2.26. The van der Waals surface area contributed by atoms with Gasteiger partial charge in [-0.05, 0) is 37.9 Å². The van der Waals surface area contributed by atoms with Crippen molar-refractivity contribution in [3.8, 4) is 0 Å². The maximum absolute atomic E-state index is 3.47. The topological polar surface area (TPSA) is 15.3 Å². The minimum atomic E-state index is 0.974. The largest absolute Gasteiger partial charge is 0.316 e. The molecule has 2 aliphatic heterocycles. The fourth-order valence-electron chi connectivity index (χ4n) is 2.52. The molecule has 0 unspecified atom stereocenters. The zero-order chi connectivity index (χ0) is 8.39. The van der Waals surface area contributed by atoms with Crippen LogP contribution < -0.4 is 5.32 Å². The monoisotopic (exact) mass is 168 g/mol. The van der Waals surface area contributed by atoms with Gasteiger partial charge in [0.15, 0.2) is 0 Å². The molecule has 0 saturated carbocycles. The van der Waals surface area contributed by atoms with Crippen LogP contribution in [0.25, 0.3) is 0 Å². The highest BCUT2D eigenvalue weighted by Gasteiger charge is 2.35. The SMILES string of the molecule is CCCCN1C[C@H]2CNC[C@H]2C1. The van der Waals surface area contributed by atoms with Gasteiger partial charge in [0.2, 0.25) is 0 Å². The van der Waals surface area contributed by atoms with E-state index in [0.717, 1.165) is 11.8 Å². The first kappa shape index (κ1) is 8.52. The third-order valence-electron chi connectivity index (χ3n) is 3.29. The molecule has 70 valence electrons. The van der Waals surface area contributed by atoms with Crippen LogP contribution in [-0.2, 0) is 0 Å². The lowest BCUT2D eigenvalue weighted by molar-refractivity contribution is 0.308. The molecule has 0 aromatic heterocycles. The Bertz CT molecular complexity index is 135. The van der Waals surface area contributed by atoms with E-state index in [0.29, 0.717) is 0 Å². The van der Waals surface area contributed by atoms with Gasteiger partial charge < -0.3 is 10.2 Å². The Morgan fingerprint density at radius 3 is 2.50 bits per heavy atom.